The van der Waals surface area contributed by atoms with Gasteiger partial charge in [-0.3, -0.25) is 14.9 Å². The van der Waals surface area contributed by atoms with Gasteiger partial charge in [-0.05, 0) is 11.8 Å². The monoisotopic (exact) mass is 283 g/mol. The molecular weight excluding hydrogens is 274 g/mol. The van der Waals surface area contributed by atoms with Crippen LogP contribution in [0, 0.1) is 0 Å². The highest BCUT2D eigenvalue weighted by Gasteiger charge is 2.11. The van der Waals surface area contributed by atoms with Gasteiger partial charge >= 0.3 is 0 Å². The van der Waals surface area contributed by atoms with Gasteiger partial charge < -0.3 is 0 Å². The second kappa shape index (κ2) is 5.74. The van der Waals surface area contributed by atoms with E-state index in [0.717, 1.165) is 10.1 Å². The Kier molecular flexibility index (Phi) is 4.05. The van der Waals surface area contributed by atoms with Gasteiger partial charge in [0.1, 0.15) is 5.69 Å². The molecule has 2 N–H and O–H groups in total. The number of amides is 1. The van der Waals surface area contributed by atoms with Gasteiger partial charge in [-0.2, -0.15) is 5.10 Å². The highest BCUT2D eigenvalue weighted by molar-refractivity contribution is 8.01. The first-order chi connectivity index (χ1) is 8.69. The maximum atomic E-state index is 11.7. The number of nitrogens with zero attached hydrogens (tertiary/aromatic N) is 3. The van der Waals surface area contributed by atoms with E-state index in [0.29, 0.717) is 5.13 Å². The average Bonchev–Trinajstić information content (AvgIpc) is 2.78. The van der Waals surface area contributed by atoms with Gasteiger partial charge in [0.15, 0.2) is 4.34 Å². The fourth-order valence-corrected chi connectivity index (χ4v) is 2.72. The average molecular weight is 283 g/mol. The van der Waals surface area contributed by atoms with Crippen molar-refractivity contribution in [2.24, 2.45) is 0 Å². The summed E-state index contributed by atoms with van der Waals surface area (Å²) in [5.41, 5.74) is -0.237. The molecule has 2 aromatic heterocycles. The maximum absolute atomic E-state index is 11.7. The van der Waals surface area contributed by atoms with Gasteiger partial charge in [-0.15, -0.1) is 10.2 Å². The fraction of sp³-hybridized carbons (Fsp3) is 0.222. The van der Waals surface area contributed by atoms with Gasteiger partial charge in [0.2, 0.25) is 5.13 Å². The summed E-state index contributed by atoms with van der Waals surface area (Å²) in [6.45, 7) is 2.01. The first-order valence-electron chi connectivity index (χ1n) is 5.02. The van der Waals surface area contributed by atoms with Gasteiger partial charge in [0.25, 0.3) is 11.5 Å². The van der Waals surface area contributed by atoms with Crippen LogP contribution in [0.1, 0.15) is 17.4 Å². The number of aromatic amines is 1. The van der Waals surface area contributed by atoms with Gasteiger partial charge in [-0.25, -0.2) is 5.10 Å². The minimum absolute atomic E-state index is 0.120. The van der Waals surface area contributed by atoms with E-state index < -0.39 is 5.91 Å². The Morgan fingerprint density at radius 1 is 1.50 bits per heavy atom. The Hall–Kier alpha value is -1.74. The molecule has 0 aliphatic heterocycles. The van der Waals surface area contributed by atoms with Crippen LogP contribution in [0.4, 0.5) is 5.13 Å². The summed E-state index contributed by atoms with van der Waals surface area (Å²) in [7, 11) is 0. The number of thioether (sulfide) groups is 1. The van der Waals surface area contributed by atoms with Crippen LogP contribution in [0.2, 0.25) is 0 Å². The summed E-state index contributed by atoms with van der Waals surface area (Å²) in [5, 5.41) is 16.5. The van der Waals surface area contributed by atoms with E-state index in [-0.39, 0.29) is 11.3 Å². The molecule has 0 bridgehead atoms. The van der Waals surface area contributed by atoms with Crippen LogP contribution < -0.4 is 10.9 Å². The quantitative estimate of drug-likeness (QED) is 0.641. The molecule has 0 unspecified atom stereocenters. The SMILES string of the molecule is CCSc1nnc(NC(=O)c2ccc(=O)[nH]n2)s1. The van der Waals surface area contributed by atoms with Crippen molar-refractivity contribution < 1.29 is 4.79 Å². The van der Waals surface area contributed by atoms with Crippen molar-refractivity contribution in [3.8, 4) is 0 Å². The van der Waals surface area contributed by atoms with Crippen molar-refractivity contribution >= 4 is 34.1 Å². The molecule has 1 amide bonds. The summed E-state index contributed by atoms with van der Waals surface area (Å²) < 4.78 is 0.794. The number of carbonyl (C=O) groups excluding carboxylic acids is 1. The summed E-state index contributed by atoms with van der Waals surface area (Å²) >= 11 is 2.84. The number of carbonyl (C=O) groups is 1. The summed E-state index contributed by atoms with van der Waals surface area (Å²) in [4.78, 5) is 22.5. The first kappa shape index (κ1) is 12.7. The standard InChI is InChI=1S/C9H9N5O2S2/c1-2-17-9-14-13-8(18-9)10-7(16)5-3-4-6(15)12-11-5/h3-4H,2H2,1H3,(H,12,15)(H,10,13,16). The van der Waals surface area contributed by atoms with Crippen molar-refractivity contribution in [1.82, 2.24) is 20.4 Å². The lowest BCUT2D eigenvalue weighted by Gasteiger charge is -1.98. The Morgan fingerprint density at radius 3 is 3.00 bits per heavy atom. The molecule has 9 heteroatoms. The normalized spacial score (nSPS) is 10.3. The molecule has 0 saturated carbocycles. The molecule has 0 fully saturated rings. The lowest BCUT2D eigenvalue weighted by Crippen LogP contribution is -2.17. The van der Waals surface area contributed by atoms with E-state index in [1.165, 1.54) is 23.5 Å². The van der Waals surface area contributed by atoms with Crippen LogP contribution >= 0.6 is 23.1 Å². The van der Waals surface area contributed by atoms with Crippen LogP contribution in [0.3, 0.4) is 0 Å². The van der Waals surface area contributed by atoms with Crippen LogP contribution in [-0.4, -0.2) is 32.1 Å². The molecule has 94 valence electrons. The summed E-state index contributed by atoms with van der Waals surface area (Å²) in [6, 6.07) is 2.58. The van der Waals surface area contributed by atoms with E-state index in [1.54, 1.807) is 11.8 Å². The van der Waals surface area contributed by atoms with E-state index in [9.17, 15) is 9.59 Å². The van der Waals surface area contributed by atoms with E-state index in [4.69, 9.17) is 0 Å². The third-order valence-corrected chi connectivity index (χ3v) is 3.66. The van der Waals surface area contributed by atoms with E-state index >= 15 is 0 Å². The minimum Gasteiger partial charge on any atom is -0.295 e. The zero-order valence-corrected chi connectivity index (χ0v) is 11.0. The molecule has 0 aliphatic rings. The predicted molar refractivity (Wildman–Crippen MR) is 69.1 cm³/mol. The van der Waals surface area contributed by atoms with Crippen LogP contribution in [0.25, 0.3) is 0 Å². The molecule has 0 aromatic carbocycles. The highest BCUT2D eigenvalue weighted by Crippen LogP contribution is 2.25. The third-order valence-electron chi connectivity index (χ3n) is 1.81. The lowest BCUT2D eigenvalue weighted by molar-refractivity contribution is 0.102. The Balaban J connectivity index is 2.06. The van der Waals surface area contributed by atoms with Crippen LogP contribution in [0.5, 0.6) is 0 Å². The largest absolute Gasteiger partial charge is 0.295 e. The summed E-state index contributed by atoms with van der Waals surface area (Å²) in [5.74, 6) is 0.458. The van der Waals surface area contributed by atoms with Crippen molar-refractivity contribution in [3.05, 3.63) is 28.2 Å². The first-order valence-corrected chi connectivity index (χ1v) is 6.82. The third kappa shape index (κ3) is 3.14. The second-order valence-corrected chi connectivity index (χ2v) is 5.56. The molecule has 2 heterocycles. The molecule has 0 spiro atoms. The van der Waals surface area contributed by atoms with Crippen LogP contribution in [0.15, 0.2) is 21.3 Å². The van der Waals surface area contributed by atoms with Crippen molar-refractivity contribution in [2.45, 2.75) is 11.3 Å². The van der Waals surface area contributed by atoms with E-state index in [1.807, 2.05) is 6.92 Å². The number of nitrogens with one attached hydrogen (secondary N) is 2. The number of anilines is 1. The molecule has 0 saturated heterocycles. The number of hydrogen-bond donors (Lipinski definition) is 2. The van der Waals surface area contributed by atoms with Gasteiger partial charge in [0.05, 0.1) is 0 Å². The topological polar surface area (TPSA) is 101 Å². The fourth-order valence-electron chi connectivity index (χ4n) is 1.07. The minimum atomic E-state index is -0.435. The predicted octanol–water partition coefficient (Wildman–Crippen LogP) is 0.986. The Morgan fingerprint density at radius 2 is 2.33 bits per heavy atom. The van der Waals surface area contributed by atoms with Crippen LogP contribution in [-0.2, 0) is 0 Å². The summed E-state index contributed by atoms with van der Waals surface area (Å²) in [6.07, 6.45) is 0. The van der Waals surface area contributed by atoms with E-state index in [2.05, 4.69) is 25.7 Å². The molecule has 2 rings (SSSR count). The molecule has 2 aromatic rings. The maximum Gasteiger partial charge on any atom is 0.277 e. The Bertz CT molecular complexity index is 589. The molecule has 0 radical (unpaired) electrons. The number of H-pyrrole nitrogens is 1. The molecular formula is C9H9N5O2S2. The van der Waals surface area contributed by atoms with Crippen molar-refractivity contribution in [3.63, 3.8) is 0 Å². The van der Waals surface area contributed by atoms with Crippen molar-refractivity contribution in [1.29, 1.82) is 0 Å². The number of rotatable bonds is 4. The van der Waals surface area contributed by atoms with Gasteiger partial charge in [-0.1, -0.05) is 30.0 Å². The molecule has 0 aliphatic carbocycles. The zero-order chi connectivity index (χ0) is 13.0. The van der Waals surface area contributed by atoms with Crippen molar-refractivity contribution in [2.75, 3.05) is 11.1 Å². The molecule has 0 atom stereocenters. The number of aromatic nitrogens is 4. The number of hydrogen-bond acceptors (Lipinski definition) is 7. The zero-order valence-electron chi connectivity index (χ0n) is 9.34. The molecule has 18 heavy (non-hydrogen) atoms. The lowest BCUT2D eigenvalue weighted by atomic mass is 10.4. The second-order valence-electron chi connectivity index (χ2n) is 3.07. The Labute approximate surface area is 110 Å². The molecule has 7 nitrogen and oxygen atoms in total. The smallest absolute Gasteiger partial charge is 0.277 e. The highest BCUT2D eigenvalue weighted by atomic mass is 32.2. The van der Waals surface area contributed by atoms with Gasteiger partial charge in [0, 0.05) is 6.07 Å².